The van der Waals surface area contributed by atoms with Crippen LogP contribution in [0.4, 0.5) is 5.69 Å². The number of benzene rings is 2. The molecule has 0 fully saturated rings. The third-order valence-electron chi connectivity index (χ3n) is 3.65. The van der Waals surface area contributed by atoms with Gasteiger partial charge in [0.2, 0.25) is 5.88 Å². The number of methoxy groups -OCH3 is 1. The van der Waals surface area contributed by atoms with Crippen LogP contribution in [0.5, 0.6) is 11.6 Å². The third-order valence-corrected chi connectivity index (χ3v) is 4.20. The molecule has 7 heteroatoms. The highest BCUT2D eigenvalue weighted by Crippen LogP contribution is 2.26. The van der Waals surface area contributed by atoms with E-state index in [2.05, 4.69) is 26.3 Å². The number of para-hydroxylation sites is 1. The smallest absolute Gasteiger partial charge is 0.265 e. The van der Waals surface area contributed by atoms with E-state index in [0.29, 0.717) is 21.8 Å². The van der Waals surface area contributed by atoms with Gasteiger partial charge in [-0.1, -0.05) is 24.3 Å². The van der Waals surface area contributed by atoms with Crippen molar-refractivity contribution < 1.29 is 14.3 Å². The lowest BCUT2D eigenvalue weighted by atomic mass is 10.3. The van der Waals surface area contributed by atoms with E-state index < -0.39 is 6.10 Å². The maximum atomic E-state index is 12.4. The molecule has 0 aliphatic carbocycles. The maximum Gasteiger partial charge on any atom is 0.265 e. The van der Waals surface area contributed by atoms with Crippen LogP contribution in [0, 0.1) is 0 Å². The summed E-state index contributed by atoms with van der Waals surface area (Å²) >= 11 is 3.42. The normalized spacial score (nSPS) is 11.7. The lowest BCUT2D eigenvalue weighted by Gasteiger charge is -2.13. The van der Waals surface area contributed by atoms with E-state index in [1.54, 1.807) is 43.1 Å². The van der Waals surface area contributed by atoms with Crippen molar-refractivity contribution in [1.82, 2.24) is 9.78 Å². The minimum Gasteiger partial charge on any atom is -0.497 e. The molecule has 0 spiro atoms. The van der Waals surface area contributed by atoms with Gasteiger partial charge < -0.3 is 14.8 Å². The summed E-state index contributed by atoms with van der Waals surface area (Å²) in [4.78, 5) is 12.4. The molecule has 1 aromatic heterocycles. The molecule has 0 unspecified atom stereocenters. The molecule has 1 heterocycles. The van der Waals surface area contributed by atoms with Crippen molar-refractivity contribution >= 4 is 27.5 Å². The molecule has 0 aliphatic heterocycles. The van der Waals surface area contributed by atoms with Crippen LogP contribution in [0.15, 0.2) is 65.3 Å². The number of hydrogen-bond acceptors (Lipinski definition) is 4. The molecule has 3 rings (SSSR count). The van der Waals surface area contributed by atoms with Crippen molar-refractivity contribution in [3.05, 3.63) is 65.3 Å². The predicted molar refractivity (Wildman–Crippen MR) is 103 cm³/mol. The quantitative estimate of drug-likeness (QED) is 0.659. The second-order valence-corrected chi connectivity index (χ2v) is 6.40. The van der Waals surface area contributed by atoms with Crippen LogP contribution in [-0.2, 0) is 4.79 Å². The number of hydrogen-bond donors (Lipinski definition) is 1. The fourth-order valence-electron chi connectivity index (χ4n) is 2.30. The Morgan fingerprint density at radius 3 is 2.69 bits per heavy atom. The average molecular weight is 416 g/mol. The van der Waals surface area contributed by atoms with Crippen molar-refractivity contribution in [2.45, 2.75) is 13.0 Å². The molecule has 1 N–H and O–H groups in total. The van der Waals surface area contributed by atoms with Gasteiger partial charge in [0.15, 0.2) is 6.10 Å². The average Bonchev–Trinajstić information content (AvgIpc) is 3.03. The summed E-state index contributed by atoms with van der Waals surface area (Å²) in [5, 5.41) is 7.19. The lowest BCUT2D eigenvalue weighted by molar-refractivity contribution is -0.122. The zero-order chi connectivity index (χ0) is 18.5. The first-order valence-corrected chi connectivity index (χ1v) is 8.78. The number of nitrogens with zero attached hydrogens (tertiary/aromatic N) is 2. The van der Waals surface area contributed by atoms with E-state index >= 15 is 0 Å². The second-order valence-electron chi connectivity index (χ2n) is 5.54. The Morgan fingerprint density at radius 2 is 1.96 bits per heavy atom. The van der Waals surface area contributed by atoms with Crippen molar-refractivity contribution in [2.24, 2.45) is 0 Å². The fraction of sp³-hybridized carbons (Fsp3) is 0.158. The lowest BCUT2D eigenvalue weighted by Crippen LogP contribution is -2.30. The summed E-state index contributed by atoms with van der Waals surface area (Å²) in [6, 6.07) is 16.8. The Balaban J connectivity index is 1.68. The SMILES string of the molecule is COc1cccc(NC(=O)[C@H](C)Oc2nn(-c3ccccc3)cc2Br)c1. The first-order valence-electron chi connectivity index (χ1n) is 7.99. The van der Waals surface area contributed by atoms with Crippen LogP contribution >= 0.6 is 15.9 Å². The van der Waals surface area contributed by atoms with Crippen LogP contribution in [-0.4, -0.2) is 28.9 Å². The Kier molecular flexibility index (Phi) is 5.58. The summed E-state index contributed by atoms with van der Waals surface area (Å²) in [7, 11) is 1.58. The molecule has 134 valence electrons. The van der Waals surface area contributed by atoms with Gasteiger partial charge in [0.05, 0.1) is 17.3 Å². The molecule has 0 aliphatic rings. The molecule has 6 nitrogen and oxygen atoms in total. The molecule has 0 radical (unpaired) electrons. The molecule has 1 amide bonds. The van der Waals surface area contributed by atoms with Crippen LogP contribution in [0.25, 0.3) is 5.69 Å². The largest absolute Gasteiger partial charge is 0.497 e. The Bertz CT molecular complexity index is 896. The fourth-order valence-corrected chi connectivity index (χ4v) is 2.66. The highest BCUT2D eigenvalue weighted by atomic mass is 79.9. The van der Waals surface area contributed by atoms with Crippen LogP contribution in [0.3, 0.4) is 0 Å². The molecule has 0 bridgehead atoms. The predicted octanol–water partition coefficient (Wildman–Crippen LogP) is 4.05. The number of nitrogens with one attached hydrogen (secondary N) is 1. The molecular formula is C19H18BrN3O3. The van der Waals surface area contributed by atoms with Gasteiger partial charge in [0.25, 0.3) is 5.91 Å². The maximum absolute atomic E-state index is 12.4. The van der Waals surface area contributed by atoms with E-state index in [1.165, 1.54) is 0 Å². The second kappa shape index (κ2) is 8.05. The number of amides is 1. The minimum atomic E-state index is -0.725. The summed E-state index contributed by atoms with van der Waals surface area (Å²) in [5.41, 5.74) is 1.54. The first kappa shape index (κ1) is 18.0. The number of carbonyl (C=O) groups excluding carboxylic acids is 1. The van der Waals surface area contributed by atoms with Gasteiger partial charge in [0.1, 0.15) is 5.75 Å². The Labute approximate surface area is 159 Å². The number of halogens is 1. The number of aromatic nitrogens is 2. The van der Waals surface area contributed by atoms with Crippen molar-refractivity contribution in [2.75, 3.05) is 12.4 Å². The van der Waals surface area contributed by atoms with E-state index in [1.807, 2.05) is 36.4 Å². The summed E-state index contributed by atoms with van der Waals surface area (Å²) in [6.45, 7) is 1.67. The number of carbonyl (C=O) groups is 1. The molecule has 1 atom stereocenters. The monoisotopic (exact) mass is 415 g/mol. The highest BCUT2D eigenvalue weighted by molar-refractivity contribution is 9.10. The van der Waals surface area contributed by atoms with Crippen LogP contribution in [0.2, 0.25) is 0 Å². The van der Waals surface area contributed by atoms with Gasteiger partial charge in [-0.2, -0.15) is 0 Å². The van der Waals surface area contributed by atoms with E-state index in [4.69, 9.17) is 9.47 Å². The van der Waals surface area contributed by atoms with Gasteiger partial charge in [-0.25, -0.2) is 4.68 Å². The van der Waals surface area contributed by atoms with E-state index in [-0.39, 0.29) is 5.91 Å². The highest BCUT2D eigenvalue weighted by Gasteiger charge is 2.19. The standard InChI is InChI=1S/C19H18BrN3O3/c1-13(18(24)21-14-7-6-10-16(11-14)25-2)26-19-17(20)12-23(22-19)15-8-4-3-5-9-15/h3-13H,1-2H3,(H,21,24)/t13-/m0/s1. The number of rotatable bonds is 6. The topological polar surface area (TPSA) is 65.4 Å². The third kappa shape index (κ3) is 4.23. The van der Waals surface area contributed by atoms with Crippen LogP contribution in [0.1, 0.15) is 6.92 Å². The van der Waals surface area contributed by atoms with Crippen molar-refractivity contribution in [1.29, 1.82) is 0 Å². The van der Waals surface area contributed by atoms with Crippen molar-refractivity contribution in [3.63, 3.8) is 0 Å². The Morgan fingerprint density at radius 1 is 1.19 bits per heavy atom. The van der Waals surface area contributed by atoms with E-state index in [0.717, 1.165) is 5.69 Å². The minimum absolute atomic E-state index is 0.278. The van der Waals surface area contributed by atoms with Gasteiger partial charge >= 0.3 is 0 Å². The van der Waals surface area contributed by atoms with Gasteiger partial charge in [-0.15, -0.1) is 5.10 Å². The molecule has 2 aromatic carbocycles. The number of anilines is 1. The number of ether oxygens (including phenoxy) is 2. The molecule has 26 heavy (non-hydrogen) atoms. The van der Waals surface area contributed by atoms with Gasteiger partial charge in [0, 0.05) is 18.0 Å². The summed E-state index contributed by atoms with van der Waals surface area (Å²) < 4.78 is 13.2. The van der Waals surface area contributed by atoms with E-state index in [9.17, 15) is 4.79 Å². The zero-order valence-electron chi connectivity index (χ0n) is 14.3. The summed E-state index contributed by atoms with van der Waals surface area (Å²) in [5.74, 6) is 0.738. The molecule has 0 saturated carbocycles. The summed E-state index contributed by atoms with van der Waals surface area (Å²) in [6.07, 6.45) is 1.06. The zero-order valence-corrected chi connectivity index (χ0v) is 15.9. The van der Waals surface area contributed by atoms with Crippen LogP contribution < -0.4 is 14.8 Å². The molecule has 3 aromatic rings. The van der Waals surface area contributed by atoms with Gasteiger partial charge in [-0.05, 0) is 47.1 Å². The first-order chi connectivity index (χ1) is 12.6. The molecule has 0 saturated heterocycles. The van der Waals surface area contributed by atoms with Crippen molar-refractivity contribution in [3.8, 4) is 17.3 Å². The molecular weight excluding hydrogens is 398 g/mol. The Hall–Kier alpha value is -2.80. The van der Waals surface area contributed by atoms with Gasteiger partial charge in [-0.3, -0.25) is 4.79 Å².